The molecule has 2 nitrogen and oxygen atoms in total. The fourth-order valence-corrected chi connectivity index (χ4v) is 2.54. The van der Waals surface area contributed by atoms with E-state index in [-0.39, 0.29) is 6.04 Å². The smallest absolute Gasteiger partial charge is 0.0776 e. The lowest BCUT2D eigenvalue weighted by molar-refractivity contribution is 0.655. The van der Waals surface area contributed by atoms with Crippen molar-refractivity contribution in [2.45, 2.75) is 25.3 Å². The van der Waals surface area contributed by atoms with Gasteiger partial charge in [0.15, 0.2) is 0 Å². The second kappa shape index (κ2) is 4.30. The van der Waals surface area contributed by atoms with Crippen LogP contribution in [0.2, 0.25) is 0 Å². The van der Waals surface area contributed by atoms with Crippen molar-refractivity contribution < 1.29 is 0 Å². The summed E-state index contributed by atoms with van der Waals surface area (Å²) in [6.45, 7) is 0. The highest BCUT2D eigenvalue weighted by molar-refractivity contribution is 5.91. The Morgan fingerprint density at radius 2 is 2.06 bits per heavy atom. The Balaban J connectivity index is 2.17. The molecular formula is C15H16N2. The molecule has 1 aromatic heterocycles. The highest BCUT2D eigenvalue weighted by atomic mass is 14.7. The molecule has 3 rings (SSSR count). The number of hydrogen-bond donors (Lipinski definition) is 1. The normalized spacial score (nSPS) is 20.3. The summed E-state index contributed by atoms with van der Waals surface area (Å²) in [5.74, 6) is 0. The average molecular weight is 224 g/mol. The molecule has 2 heteroatoms. The van der Waals surface area contributed by atoms with Crippen LogP contribution in [0.25, 0.3) is 16.5 Å². The summed E-state index contributed by atoms with van der Waals surface area (Å²) in [6, 6.07) is 10.6. The van der Waals surface area contributed by atoms with Gasteiger partial charge in [-0.3, -0.25) is 4.98 Å². The zero-order valence-electron chi connectivity index (χ0n) is 9.76. The van der Waals surface area contributed by atoms with Crippen LogP contribution in [-0.4, -0.2) is 11.0 Å². The number of aromatic nitrogens is 1. The number of hydrogen-bond acceptors (Lipinski definition) is 2. The van der Waals surface area contributed by atoms with E-state index < -0.39 is 0 Å². The summed E-state index contributed by atoms with van der Waals surface area (Å²) < 4.78 is 0. The van der Waals surface area contributed by atoms with Gasteiger partial charge in [0.25, 0.3) is 0 Å². The molecule has 1 unspecified atom stereocenters. The van der Waals surface area contributed by atoms with E-state index in [9.17, 15) is 0 Å². The quantitative estimate of drug-likeness (QED) is 0.808. The van der Waals surface area contributed by atoms with Gasteiger partial charge in [-0.05, 0) is 30.9 Å². The second-order valence-corrected chi connectivity index (χ2v) is 4.63. The SMILES string of the molecule is NC1C=C(c2cccc3cccnc23)CCC1. The maximum atomic E-state index is 6.01. The third kappa shape index (κ3) is 1.96. The summed E-state index contributed by atoms with van der Waals surface area (Å²) in [5.41, 5.74) is 9.71. The molecule has 1 heterocycles. The third-order valence-corrected chi connectivity index (χ3v) is 3.38. The van der Waals surface area contributed by atoms with Gasteiger partial charge in [0.05, 0.1) is 5.52 Å². The first kappa shape index (κ1) is 10.5. The van der Waals surface area contributed by atoms with Gasteiger partial charge in [-0.25, -0.2) is 0 Å². The maximum absolute atomic E-state index is 6.01. The summed E-state index contributed by atoms with van der Waals surface area (Å²) in [5, 5.41) is 1.20. The molecule has 1 aromatic carbocycles. The number of para-hydroxylation sites is 1. The van der Waals surface area contributed by atoms with Crippen LogP contribution < -0.4 is 5.73 Å². The molecule has 0 bridgehead atoms. The molecule has 1 aliphatic rings. The lowest BCUT2D eigenvalue weighted by atomic mass is 9.90. The number of nitrogens with two attached hydrogens (primary N) is 1. The minimum atomic E-state index is 0.206. The fraction of sp³-hybridized carbons (Fsp3) is 0.267. The molecule has 0 fully saturated rings. The third-order valence-electron chi connectivity index (χ3n) is 3.38. The molecule has 0 spiro atoms. The standard InChI is InChI=1S/C15H16N2/c16-13-7-1-5-12(10-13)14-8-2-4-11-6-3-9-17-15(11)14/h2-4,6,8-10,13H,1,5,7,16H2. The number of fused-ring (bicyclic) bond motifs is 1. The Morgan fingerprint density at radius 1 is 1.18 bits per heavy atom. The average Bonchev–Trinajstić information content (AvgIpc) is 2.38. The van der Waals surface area contributed by atoms with Crippen LogP contribution in [0.15, 0.2) is 42.6 Å². The Labute approximate surface area is 101 Å². The number of rotatable bonds is 1. The topological polar surface area (TPSA) is 38.9 Å². The van der Waals surface area contributed by atoms with E-state index in [4.69, 9.17) is 5.73 Å². The van der Waals surface area contributed by atoms with Crippen molar-refractivity contribution in [1.82, 2.24) is 4.98 Å². The molecule has 0 radical (unpaired) electrons. The Bertz CT molecular complexity index is 567. The first-order valence-electron chi connectivity index (χ1n) is 6.15. The van der Waals surface area contributed by atoms with Gasteiger partial charge >= 0.3 is 0 Å². The van der Waals surface area contributed by atoms with Gasteiger partial charge < -0.3 is 5.73 Å². The van der Waals surface area contributed by atoms with Crippen molar-refractivity contribution in [1.29, 1.82) is 0 Å². The van der Waals surface area contributed by atoms with Crippen molar-refractivity contribution in [3.63, 3.8) is 0 Å². The Morgan fingerprint density at radius 3 is 2.94 bits per heavy atom. The zero-order chi connectivity index (χ0) is 11.7. The van der Waals surface area contributed by atoms with Crippen LogP contribution in [0.1, 0.15) is 24.8 Å². The van der Waals surface area contributed by atoms with Crippen LogP contribution >= 0.6 is 0 Å². The molecule has 1 aliphatic carbocycles. The van der Waals surface area contributed by atoms with E-state index in [1.807, 2.05) is 12.3 Å². The highest BCUT2D eigenvalue weighted by Gasteiger charge is 2.13. The van der Waals surface area contributed by atoms with Crippen molar-refractivity contribution in [3.05, 3.63) is 48.2 Å². The minimum absolute atomic E-state index is 0.206. The summed E-state index contributed by atoms with van der Waals surface area (Å²) in [7, 11) is 0. The van der Waals surface area contributed by atoms with Gasteiger partial charge in [-0.1, -0.05) is 30.3 Å². The van der Waals surface area contributed by atoms with Crippen molar-refractivity contribution in [2.75, 3.05) is 0 Å². The lowest BCUT2D eigenvalue weighted by Gasteiger charge is -2.18. The zero-order valence-corrected chi connectivity index (χ0v) is 9.76. The predicted octanol–water partition coefficient (Wildman–Crippen LogP) is 3.13. The summed E-state index contributed by atoms with van der Waals surface area (Å²) >= 11 is 0. The van der Waals surface area contributed by atoms with E-state index in [2.05, 4.69) is 35.3 Å². The molecule has 0 saturated heterocycles. The molecule has 1 atom stereocenters. The van der Waals surface area contributed by atoms with Crippen LogP contribution in [0.5, 0.6) is 0 Å². The number of pyridine rings is 1. The van der Waals surface area contributed by atoms with E-state index >= 15 is 0 Å². The largest absolute Gasteiger partial charge is 0.324 e. The van der Waals surface area contributed by atoms with E-state index in [0.29, 0.717) is 0 Å². The summed E-state index contributed by atoms with van der Waals surface area (Å²) in [4.78, 5) is 4.50. The molecule has 17 heavy (non-hydrogen) atoms. The van der Waals surface area contributed by atoms with Gasteiger partial charge in [0.2, 0.25) is 0 Å². The minimum Gasteiger partial charge on any atom is -0.324 e. The summed E-state index contributed by atoms with van der Waals surface area (Å²) in [6.07, 6.45) is 7.45. The van der Waals surface area contributed by atoms with Crippen LogP contribution in [0.3, 0.4) is 0 Å². The van der Waals surface area contributed by atoms with Crippen molar-refractivity contribution in [3.8, 4) is 0 Å². The lowest BCUT2D eigenvalue weighted by Crippen LogP contribution is -2.20. The van der Waals surface area contributed by atoms with Gasteiger partial charge in [-0.2, -0.15) is 0 Å². The molecule has 0 saturated carbocycles. The molecular weight excluding hydrogens is 208 g/mol. The van der Waals surface area contributed by atoms with Gasteiger partial charge in [0.1, 0.15) is 0 Å². The second-order valence-electron chi connectivity index (χ2n) is 4.63. The molecule has 0 aliphatic heterocycles. The molecule has 2 N–H and O–H groups in total. The number of benzene rings is 1. The predicted molar refractivity (Wildman–Crippen MR) is 71.5 cm³/mol. The van der Waals surface area contributed by atoms with E-state index in [1.54, 1.807) is 0 Å². The maximum Gasteiger partial charge on any atom is 0.0776 e. The van der Waals surface area contributed by atoms with Crippen LogP contribution in [0.4, 0.5) is 0 Å². The van der Waals surface area contributed by atoms with Crippen molar-refractivity contribution in [2.24, 2.45) is 5.73 Å². The van der Waals surface area contributed by atoms with Gasteiger partial charge in [0, 0.05) is 23.2 Å². The first-order valence-corrected chi connectivity index (χ1v) is 6.15. The van der Waals surface area contributed by atoms with Gasteiger partial charge in [-0.15, -0.1) is 0 Å². The van der Waals surface area contributed by atoms with Crippen LogP contribution in [0, 0.1) is 0 Å². The molecule has 86 valence electrons. The Hall–Kier alpha value is -1.67. The van der Waals surface area contributed by atoms with E-state index in [0.717, 1.165) is 18.4 Å². The first-order chi connectivity index (χ1) is 8.34. The highest BCUT2D eigenvalue weighted by Crippen LogP contribution is 2.30. The van der Waals surface area contributed by atoms with Crippen molar-refractivity contribution >= 4 is 16.5 Å². The monoisotopic (exact) mass is 224 g/mol. The fourth-order valence-electron chi connectivity index (χ4n) is 2.54. The van der Waals surface area contributed by atoms with Crippen LogP contribution in [-0.2, 0) is 0 Å². The molecule has 0 amide bonds. The number of allylic oxidation sites excluding steroid dienone is 1. The number of nitrogens with zero attached hydrogens (tertiary/aromatic N) is 1. The molecule has 2 aromatic rings. The van der Waals surface area contributed by atoms with E-state index in [1.165, 1.54) is 22.9 Å². The Kier molecular flexibility index (Phi) is 2.65.